The summed E-state index contributed by atoms with van der Waals surface area (Å²) in [5, 5.41) is 12.3. The van der Waals surface area contributed by atoms with Crippen molar-refractivity contribution in [2.45, 2.75) is 57.0 Å². The Bertz CT molecular complexity index is 1080. The number of fused-ring (bicyclic) bond motifs is 1. The zero-order chi connectivity index (χ0) is 22.8. The van der Waals surface area contributed by atoms with Crippen LogP contribution in [0.15, 0.2) is 48.5 Å². The lowest BCUT2D eigenvalue weighted by Crippen LogP contribution is -2.52. The van der Waals surface area contributed by atoms with Crippen molar-refractivity contribution in [2.75, 3.05) is 11.4 Å². The number of hydrogen-bond donors (Lipinski definition) is 1. The lowest BCUT2D eigenvalue weighted by atomic mass is 9.48. The number of carbonyl (C=O) groups is 2. The van der Waals surface area contributed by atoms with E-state index < -0.39 is 11.5 Å². The molecule has 1 N–H and O–H groups in total. The monoisotopic (exact) mass is 463 g/mol. The van der Waals surface area contributed by atoms with Gasteiger partial charge in [-0.3, -0.25) is 9.59 Å². The van der Waals surface area contributed by atoms with Crippen molar-refractivity contribution in [2.24, 2.45) is 23.2 Å². The van der Waals surface area contributed by atoms with Crippen LogP contribution in [0.2, 0.25) is 5.02 Å². The predicted octanol–water partition coefficient (Wildman–Crippen LogP) is 5.29. The van der Waals surface area contributed by atoms with Crippen LogP contribution in [0.5, 0.6) is 0 Å². The van der Waals surface area contributed by atoms with Crippen molar-refractivity contribution in [3.8, 4) is 0 Å². The Morgan fingerprint density at radius 1 is 1.00 bits per heavy atom. The SMILES string of the molecule is O=C(C[C@]1(O)C(=O)N(CCc2ccccc2)c2ccc(Cl)cc21)C12CC3CC(CC(C3)C1)C2. The van der Waals surface area contributed by atoms with Crippen LogP contribution < -0.4 is 4.90 Å². The van der Waals surface area contributed by atoms with E-state index in [0.29, 0.717) is 47.0 Å². The summed E-state index contributed by atoms with van der Waals surface area (Å²) in [6, 6.07) is 15.2. The second-order valence-electron chi connectivity index (χ2n) is 11.0. The van der Waals surface area contributed by atoms with Crippen LogP contribution >= 0.6 is 11.6 Å². The number of amides is 1. The first-order valence-electron chi connectivity index (χ1n) is 12.3. The number of hydrogen-bond acceptors (Lipinski definition) is 3. The van der Waals surface area contributed by atoms with Crippen LogP contribution in [0.1, 0.15) is 56.1 Å². The zero-order valence-electron chi connectivity index (χ0n) is 18.8. The number of ketones is 1. The fourth-order valence-electron chi connectivity index (χ4n) is 7.67. The van der Waals surface area contributed by atoms with Gasteiger partial charge in [-0.15, -0.1) is 0 Å². The molecule has 0 aromatic heterocycles. The van der Waals surface area contributed by atoms with Gasteiger partial charge in [0.2, 0.25) is 0 Å². The first kappa shape index (κ1) is 21.4. The minimum absolute atomic E-state index is 0.0771. The largest absolute Gasteiger partial charge is 0.375 e. The van der Waals surface area contributed by atoms with E-state index in [4.69, 9.17) is 11.6 Å². The normalized spacial score (nSPS) is 34.1. The molecule has 2 aromatic carbocycles. The molecule has 172 valence electrons. The van der Waals surface area contributed by atoms with E-state index in [0.717, 1.165) is 24.8 Å². The lowest BCUT2D eigenvalue weighted by Gasteiger charge is -2.56. The minimum Gasteiger partial charge on any atom is -0.375 e. The first-order valence-corrected chi connectivity index (χ1v) is 12.7. The van der Waals surface area contributed by atoms with Gasteiger partial charge in [0.15, 0.2) is 5.60 Å². The third-order valence-corrected chi connectivity index (χ3v) is 9.04. The van der Waals surface area contributed by atoms with Gasteiger partial charge in [-0.2, -0.15) is 0 Å². The van der Waals surface area contributed by atoms with Gasteiger partial charge in [-0.25, -0.2) is 0 Å². The molecule has 1 amide bonds. The number of benzene rings is 2. The second kappa shape index (κ2) is 7.68. The Balaban J connectivity index is 1.29. The molecular formula is C28H30ClNO3. The van der Waals surface area contributed by atoms with Gasteiger partial charge in [0.05, 0.1) is 5.69 Å². The summed E-state index contributed by atoms with van der Waals surface area (Å²) < 4.78 is 0. The highest BCUT2D eigenvalue weighted by atomic mass is 35.5. The summed E-state index contributed by atoms with van der Waals surface area (Å²) in [6.45, 7) is 0.450. The molecule has 5 aliphatic rings. The quantitative estimate of drug-likeness (QED) is 0.633. The molecule has 0 unspecified atom stereocenters. The number of nitrogens with zero attached hydrogens (tertiary/aromatic N) is 1. The van der Waals surface area contributed by atoms with Crippen molar-refractivity contribution in [3.63, 3.8) is 0 Å². The van der Waals surface area contributed by atoms with Gasteiger partial charge in [0, 0.05) is 29.0 Å². The Morgan fingerprint density at radius 2 is 1.64 bits per heavy atom. The molecule has 4 nitrogen and oxygen atoms in total. The van der Waals surface area contributed by atoms with Crippen LogP contribution in [-0.4, -0.2) is 23.3 Å². The molecule has 1 heterocycles. The third-order valence-electron chi connectivity index (χ3n) is 8.81. The molecular weight excluding hydrogens is 434 g/mol. The van der Waals surface area contributed by atoms with Crippen molar-refractivity contribution in [1.82, 2.24) is 0 Å². The molecule has 2 aromatic rings. The minimum atomic E-state index is -1.84. The molecule has 0 spiro atoms. The van der Waals surface area contributed by atoms with Crippen molar-refractivity contribution in [3.05, 3.63) is 64.7 Å². The summed E-state index contributed by atoms with van der Waals surface area (Å²) >= 11 is 6.29. The van der Waals surface area contributed by atoms with Gasteiger partial charge < -0.3 is 10.0 Å². The van der Waals surface area contributed by atoms with E-state index in [-0.39, 0.29) is 17.6 Å². The average Bonchev–Trinajstić information content (AvgIpc) is 2.98. The summed E-state index contributed by atoms with van der Waals surface area (Å²) in [5.74, 6) is 1.59. The number of carbonyl (C=O) groups excluding carboxylic acids is 2. The van der Waals surface area contributed by atoms with E-state index >= 15 is 0 Å². The van der Waals surface area contributed by atoms with Crippen LogP contribution in [0.3, 0.4) is 0 Å². The summed E-state index contributed by atoms with van der Waals surface area (Å²) in [4.78, 5) is 29.1. The average molecular weight is 464 g/mol. The van der Waals surface area contributed by atoms with Crippen LogP contribution in [0.4, 0.5) is 5.69 Å². The Hall–Kier alpha value is -2.17. The molecule has 4 fully saturated rings. The van der Waals surface area contributed by atoms with Gasteiger partial charge in [0.25, 0.3) is 5.91 Å². The molecule has 33 heavy (non-hydrogen) atoms. The van der Waals surface area contributed by atoms with Gasteiger partial charge in [0.1, 0.15) is 5.78 Å². The highest BCUT2D eigenvalue weighted by Crippen LogP contribution is 2.61. The molecule has 4 bridgehead atoms. The number of halogens is 1. The lowest BCUT2D eigenvalue weighted by molar-refractivity contribution is -0.154. The van der Waals surface area contributed by atoms with Crippen LogP contribution in [0.25, 0.3) is 0 Å². The van der Waals surface area contributed by atoms with E-state index in [1.54, 1.807) is 23.1 Å². The van der Waals surface area contributed by atoms with E-state index in [1.165, 1.54) is 19.3 Å². The van der Waals surface area contributed by atoms with E-state index in [2.05, 4.69) is 0 Å². The molecule has 0 radical (unpaired) electrons. The molecule has 1 aliphatic heterocycles. The number of aliphatic hydroxyl groups is 1. The van der Waals surface area contributed by atoms with Crippen molar-refractivity contribution in [1.29, 1.82) is 0 Å². The van der Waals surface area contributed by atoms with Gasteiger partial charge >= 0.3 is 0 Å². The van der Waals surface area contributed by atoms with Crippen molar-refractivity contribution >= 4 is 29.0 Å². The molecule has 4 saturated carbocycles. The maximum absolute atomic E-state index is 13.8. The maximum Gasteiger partial charge on any atom is 0.264 e. The Morgan fingerprint density at radius 3 is 2.27 bits per heavy atom. The predicted molar refractivity (Wildman–Crippen MR) is 128 cm³/mol. The second-order valence-corrected chi connectivity index (χ2v) is 11.4. The highest BCUT2D eigenvalue weighted by Gasteiger charge is 2.58. The fourth-order valence-corrected chi connectivity index (χ4v) is 7.85. The smallest absolute Gasteiger partial charge is 0.264 e. The number of rotatable bonds is 6. The number of Topliss-reactive ketones (excluding diaryl/α,β-unsaturated/α-hetero) is 1. The van der Waals surface area contributed by atoms with E-state index in [1.807, 2.05) is 30.3 Å². The molecule has 0 saturated heterocycles. The molecule has 7 rings (SSSR count). The fraction of sp³-hybridized carbons (Fsp3) is 0.500. The number of anilines is 1. The standard InChI is InChI=1S/C28H30ClNO3/c29-22-6-7-24-23(13-22)28(33,26(32)30(24)9-8-18-4-2-1-3-5-18)17-25(31)27-14-19-10-20(15-27)12-21(11-19)16-27/h1-7,13,19-21,33H,8-12,14-17H2/t19?,20?,21?,27?,28-/m1/s1. The molecule has 1 atom stereocenters. The molecule has 4 aliphatic carbocycles. The summed E-state index contributed by atoms with van der Waals surface area (Å²) in [7, 11) is 0. The van der Waals surface area contributed by atoms with Gasteiger partial charge in [-0.1, -0.05) is 41.9 Å². The first-order chi connectivity index (χ1) is 15.9. The Kier molecular flexibility index (Phi) is 4.97. The maximum atomic E-state index is 13.8. The van der Waals surface area contributed by atoms with Crippen LogP contribution in [0, 0.1) is 23.2 Å². The summed E-state index contributed by atoms with van der Waals surface area (Å²) in [6.07, 6.45) is 7.08. The molecule has 5 heteroatoms. The highest BCUT2D eigenvalue weighted by molar-refractivity contribution is 6.31. The topological polar surface area (TPSA) is 57.6 Å². The zero-order valence-corrected chi connectivity index (χ0v) is 19.6. The van der Waals surface area contributed by atoms with E-state index in [9.17, 15) is 14.7 Å². The third kappa shape index (κ3) is 3.45. The van der Waals surface area contributed by atoms with Gasteiger partial charge in [-0.05, 0) is 86.5 Å². The Labute approximate surface area is 199 Å². The summed E-state index contributed by atoms with van der Waals surface area (Å²) in [5.41, 5.74) is 0.0892. The van der Waals surface area contributed by atoms with Crippen LogP contribution in [-0.2, 0) is 21.6 Å². The van der Waals surface area contributed by atoms with Crippen molar-refractivity contribution < 1.29 is 14.7 Å².